The molecule has 226 valence electrons. The second-order valence-electron chi connectivity index (χ2n) is 10.4. The van der Waals surface area contributed by atoms with E-state index in [4.69, 9.17) is 19.1 Å². The first-order chi connectivity index (χ1) is 22.3. The number of oxazole rings is 1. The Labute approximate surface area is 286 Å². The molecule has 7 aromatic rings. The van der Waals surface area contributed by atoms with Gasteiger partial charge in [-0.1, -0.05) is 24.3 Å². The number of fused-ring (bicyclic) bond motifs is 4. The SMILES string of the molecule is [Pt].[c-]1c(Oc2[c-]c3c(cc2)[Se]c2cccnc2N3c2nc3ccccc3o2)cccc1N1[CH-]N(c2ccccc2)c2ccccc21. The van der Waals surface area contributed by atoms with Crippen LogP contribution in [0.2, 0.25) is 0 Å². The average Bonchev–Trinajstić information content (AvgIpc) is 3.70. The fourth-order valence-corrected chi connectivity index (χ4v) is 7.69. The van der Waals surface area contributed by atoms with Crippen LogP contribution in [0.4, 0.5) is 40.3 Å². The van der Waals surface area contributed by atoms with Crippen LogP contribution >= 0.6 is 0 Å². The maximum atomic E-state index is 6.42. The molecule has 7 nitrogen and oxygen atoms in total. The Morgan fingerprint density at radius 3 is 2.35 bits per heavy atom. The molecule has 0 bridgehead atoms. The molecule has 0 radical (unpaired) electrons. The van der Waals surface area contributed by atoms with Crippen LogP contribution in [0, 0.1) is 18.8 Å². The van der Waals surface area contributed by atoms with E-state index >= 15 is 0 Å². The van der Waals surface area contributed by atoms with Crippen LogP contribution in [-0.4, -0.2) is 24.9 Å². The van der Waals surface area contributed by atoms with Crippen LogP contribution in [0.3, 0.4) is 0 Å². The Morgan fingerprint density at radius 1 is 0.696 bits per heavy atom. The molecular weight excluding hydrogens is 820 g/mol. The van der Waals surface area contributed by atoms with E-state index in [9.17, 15) is 0 Å². The van der Waals surface area contributed by atoms with E-state index < -0.39 is 0 Å². The number of ether oxygens (including phenoxy) is 1. The molecule has 2 aliphatic rings. The molecule has 0 atom stereocenters. The standard InChI is InChI=1S/C37H22N5O2Se.Pt/c1-2-10-25(11-3-1)40-24-41(31-16-6-5-15-30(31)40)26-12-8-13-27(22-26)43-28-19-20-34-32(23-28)42(36-35(45-34)18-9-21-38-36)37-39-29-14-4-7-17-33(29)44-37;/h1-21,24H;/q-3;. The molecule has 0 saturated carbocycles. The van der Waals surface area contributed by atoms with Crippen LogP contribution in [0.15, 0.2) is 132 Å². The normalized spacial score (nSPS) is 13.2. The molecule has 4 heterocycles. The Bertz CT molecular complexity index is 2180. The van der Waals surface area contributed by atoms with Gasteiger partial charge in [-0.3, -0.25) is 0 Å². The van der Waals surface area contributed by atoms with Gasteiger partial charge in [0.05, 0.1) is 0 Å². The topological polar surface area (TPSA) is 57.9 Å². The quantitative estimate of drug-likeness (QED) is 0.132. The fourth-order valence-electron chi connectivity index (χ4n) is 5.61. The van der Waals surface area contributed by atoms with Crippen molar-refractivity contribution in [1.29, 1.82) is 0 Å². The third-order valence-electron chi connectivity index (χ3n) is 7.64. The van der Waals surface area contributed by atoms with E-state index in [0.717, 1.165) is 48.7 Å². The molecule has 46 heavy (non-hydrogen) atoms. The molecule has 0 aliphatic carbocycles. The summed E-state index contributed by atoms with van der Waals surface area (Å²) in [5, 5.41) is 0. The van der Waals surface area contributed by atoms with Crippen molar-refractivity contribution in [3.8, 4) is 11.5 Å². The Kier molecular flexibility index (Phi) is 7.34. The van der Waals surface area contributed by atoms with E-state index in [-0.39, 0.29) is 36.0 Å². The van der Waals surface area contributed by atoms with Crippen molar-refractivity contribution in [3.05, 3.63) is 146 Å². The van der Waals surface area contributed by atoms with E-state index in [2.05, 4.69) is 71.1 Å². The zero-order valence-corrected chi connectivity index (χ0v) is 28.0. The Balaban J connectivity index is 0.00000312. The molecule has 0 spiro atoms. The van der Waals surface area contributed by atoms with Gasteiger partial charge in [-0.15, -0.1) is 0 Å². The summed E-state index contributed by atoms with van der Waals surface area (Å²) in [5.74, 6) is 1.95. The number of hydrogen-bond acceptors (Lipinski definition) is 7. The zero-order valence-electron chi connectivity index (χ0n) is 24.0. The summed E-state index contributed by atoms with van der Waals surface area (Å²) in [5.41, 5.74) is 6.44. The van der Waals surface area contributed by atoms with Gasteiger partial charge in [0.25, 0.3) is 0 Å². The van der Waals surface area contributed by atoms with Gasteiger partial charge in [0.15, 0.2) is 0 Å². The number of pyridine rings is 1. The molecule has 0 unspecified atom stereocenters. The van der Waals surface area contributed by atoms with Crippen LogP contribution in [0.1, 0.15) is 0 Å². The van der Waals surface area contributed by atoms with Crippen LogP contribution in [0.25, 0.3) is 11.1 Å². The first-order valence-corrected chi connectivity index (χ1v) is 16.1. The van der Waals surface area contributed by atoms with Crippen molar-refractivity contribution < 1.29 is 30.2 Å². The Hall–Kier alpha value is -4.87. The van der Waals surface area contributed by atoms with Crippen molar-refractivity contribution >= 4 is 75.2 Å². The van der Waals surface area contributed by atoms with Crippen molar-refractivity contribution in [2.45, 2.75) is 0 Å². The van der Waals surface area contributed by atoms with Gasteiger partial charge >= 0.3 is 230 Å². The molecule has 2 aliphatic heterocycles. The second kappa shape index (κ2) is 11.8. The van der Waals surface area contributed by atoms with E-state index in [1.54, 1.807) is 6.20 Å². The van der Waals surface area contributed by atoms with Gasteiger partial charge in [0, 0.05) is 21.1 Å². The molecule has 0 fully saturated rings. The van der Waals surface area contributed by atoms with Gasteiger partial charge < -0.3 is 0 Å². The molecule has 9 rings (SSSR count). The molecular formula is C37H22N5O2PtSe-3. The van der Waals surface area contributed by atoms with E-state index in [0.29, 0.717) is 23.1 Å². The van der Waals surface area contributed by atoms with Gasteiger partial charge in [0.1, 0.15) is 0 Å². The predicted molar refractivity (Wildman–Crippen MR) is 177 cm³/mol. The van der Waals surface area contributed by atoms with Gasteiger partial charge in [-0.05, 0) is 12.1 Å². The number of rotatable bonds is 5. The van der Waals surface area contributed by atoms with E-state index in [1.807, 2.05) is 83.8 Å². The van der Waals surface area contributed by atoms with Crippen LogP contribution < -0.4 is 28.4 Å². The third-order valence-corrected chi connectivity index (χ3v) is 9.92. The monoisotopic (exact) mass is 843 g/mol. The van der Waals surface area contributed by atoms with Crippen molar-refractivity contribution in [1.82, 2.24) is 9.97 Å². The van der Waals surface area contributed by atoms with Crippen LogP contribution in [-0.2, 0) is 21.1 Å². The molecule has 0 amide bonds. The van der Waals surface area contributed by atoms with Crippen molar-refractivity contribution in [3.63, 3.8) is 0 Å². The Morgan fingerprint density at radius 2 is 1.48 bits per heavy atom. The summed E-state index contributed by atoms with van der Waals surface area (Å²) in [7, 11) is 0. The van der Waals surface area contributed by atoms with Crippen molar-refractivity contribution in [2.75, 3.05) is 14.7 Å². The molecule has 0 N–H and O–H groups in total. The van der Waals surface area contributed by atoms with Gasteiger partial charge in [0.2, 0.25) is 0 Å². The summed E-state index contributed by atoms with van der Waals surface area (Å²) < 4.78 is 14.9. The number of para-hydroxylation sites is 5. The minimum absolute atomic E-state index is 0. The molecule has 9 heteroatoms. The molecule has 2 aromatic heterocycles. The van der Waals surface area contributed by atoms with Gasteiger partial charge in [-0.25, -0.2) is 0 Å². The minimum atomic E-state index is 0. The summed E-state index contributed by atoms with van der Waals surface area (Å²) in [6.07, 6.45) is 1.79. The fraction of sp³-hybridized carbons (Fsp3) is 0. The van der Waals surface area contributed by atoms with Crippen LogP contribution in [0.5, 0.6) is 11.5 Å². The summed E-state index contributed by atoms with van der Waals surface area (Å²) in [4.78, 5) is 15.8. The van der Waals surface area contributed by atoms with Gasteiger partial charge in [-0.2, -0.15) is 0 Å². The number of nitrogens with zero attached hydrogens (tertiary/aromatic N) is 5. The van der Waals surface area contributed by atoms with Crippen molar-refractivity contribution in [2.24, 2.45) is 0 Å². The average molecular weight is 843 g/mol. The predicted octanol–water partition coefficient (Wildman–Crippen LogP) is 7.46. The zero-order chi connectivity index (χ0) is 29.7. The number of hydrogen-bond donors (Lipinski definition) is 0. The molecule has 0 saturated heterocycles. The molecule has 5 aromatic carbocycles. The first-order valence-electron chi connectivity index (χ1n) is 14.4. The number of anilines is 7. The number of benzene rings is 5. The van der Waals surface area contributed by atoms with E-state index in [1.165, 1.54) is 0 Å². The summed E-state index contributed by atoms with van der Waals surface area (Å²) >= 11 is 0.0338. The maximum absolute atomic E-state index is 6.42. The third kappa shape index (κ3) is 4.96. The summed E-state index contributed by atoms with van der Waals surface area (Å²) in [6, 6.07) is 47.9. The second-order valence-corrected chi connectivity index (χ2v) is 12.7. The number of aromatic nitrogens is 2. The summed E-state index contributed by atoms with van der Waals surface area (Å²) in [6.45, 7) is 2.09. The first kappa shape index (κ1) is 28.6.